The van der Waals surface area contributed by atoms with Gasteiger partial charge in [-0.15, -0.1) is 0 Å². The summed E-state index contributed by atoms with van der Waals surface area (Å²) in [5.41, 5.74) is 0. The van der Waals surface area contributed by atoms with E-state index >= 15 is 0 Å². The molecule has 2 aliphatic rings. The van der Waals surface area contributed by atoms with Crippen LogP contribution >= 0.6 is 0 Å². The molecule has 1 aliphatic carbocycles. The molecule has 1 aliphatic heterocycles. The summed E-state index contributed by atoms with van der Waals surface area (Å²) in [5.74, 6) is 0.625. The third kappa shape index (κ3) is 1.53. The fourth-order valence-electron chi connectivity index (χ4n) is 1.82. The van der Waals surface area contributed by atoms with Gasteiger partial charge in [-0.25, -0.2) is 0 Å². The Hall–Kier alpha value is -0.570. The lowest BCUT2D eigenvalue weighted by Gasteiger charge is -2.17. The summed E-state index contributed by atoms with van der Waals surface area (Å²) in [7, 11) is 0. The summed E-state index contributed by atoms with van der Waals surface area (Å²) in [6.07, 6.45) is 5.67. The summed E-state index contributed by atoms with van der Waals surface area (Å²) < 4.78 is 10.3. The van der Waals surface area contributed by atoms with Crippen molar-refractivity contribution in [1.82, 2.24) is 0 Å². The quantitative estimate of drug-likeness (QED) is 0.378. The second-order valence-electron chi connectivity index (χ2n) is 3.34. The number of epoxide rings is 1. The zero-order valence-corrected chi connectivity index (χ0v) is 6.45. The molecule has 62 valence electrons. The molecule has 0 aromatic rings. The second-order valence-corrected chi connectivity index (χ2v) is 3.34. The number of nitrogens with one attached hydrogen (secondary N) is 1. The van der Waals surface area contributed by atoms with Gasteiger partial charge in [0.2, 0.25) is 0 Å². The van der Waals surface area contributed by atoms with Gasteiger partial charge in [-0.1, -0.05) is 0 Å². The molecule has 3 unspecified atom stereocenters. The van der Waals surface area contributed by atoms with Crippen LogP contribution in [-0.4, -0.2) is 25.2 Å². The second kappa shape index (κ2) is 2.81. The van der Waals surface area contributed by atoms with Crippen LogP contribution in [0.4, 0.5) is 0 Å². The summed E-state index contributed by atoms with van der Waals surface area (Å²) >= 11 is 0. The van der Waals surface area contributed by atoms with E-state index in [-0.39, 0.29) is 0 Å². The molecule has 0 radical (unpaired) electrons. The van der Waals surface area contributed by atoms with E-state index in [1.807, 2.05) is 0 Å². The van der Waals surface area contributed by atoms with Crippen molar-refractivity contribution in [3.8, 4) is 0 Å². The number of hydrogen-bond donors (Lipinski definition) is 1. The molecule has 0 bridgehead atoms. The van der Waals surface area contributed by atoms with Crippen LogP contribution in [0.2, 0.25) is 0 Å². The number of hydrogen-bond acceptors (Lipinski definition) is 3. The zero-order chi connectivity index (χ0) is 7.68. The fraction of sp³-hybridized carbons (Fsp3) is 0.875. The topological polar surface area (TPSA) is 45.6 Å². The highest BCUT2D eigenvalue weighted by Crippen LogP contribution is 2.39. The molecule has 1 saturated carbocycles. The van der Waals surface area contributed by atoms with Gasteiger partial charge in [0, 0.05) is 0 Å². The molecule has 0 amide bonds. The molecule has 3 atom stereocenters. The molecule has 3 nitrogen and oxygen atoms in total. The van der Waals surface area contributed by atoms with E-state index in [1.54, 1.807) is 0 Å². The van der Waals surface area contributed by atoms with Gasteiger partial charge in [0.1, 0.15) is 0 Å². The molecule has 0 spiro atoms. The SMILES string of the molecule is N=COCC1CCC2OC2C1. The standard InChI is InChI=1S/C8H13NO2/c9-5-10-4-6-1-2-7-8(3-6)11-7/h5-9H,1-4H2. The van der Waals surface area contributed by atoms with Crippen LogP contribution < -0.4 is 0 Å². The van der Waals surface area contributed by atoms with Gasteiger partial charge in [0.25, 0.3) is 0 Å². The normalized spacial score (nSPS) is 40.9. The molecule has 1 heterocycles. The Morgan fingerprint density at radius 3 is 3.09 bits per heavy atom. The van der Waals surface area contributed by atoms with Gasteiger partial charge in [0.15, 0.2) is 6.40 Å². The lowest BCUT2D eigenvalue weighted by Crippen LogP contribution is -2.17. The van der Waals surface area contributed by atoms with Crippen molar-refractivity contribution in [3.63, 3.8) is 0 Å². The maximum absolute atomic E-state index is 6.70. The number of rotatable bonds is 3. The first-order valence-corrected chi connectivity index (χ1v) is 4.16. The zero-order valence-electron chi connectivity index (χ0n) is 6.45. The van der Waals surface area contributed by atoms with Crippen LogP contribution in [0.25, 0.3) is 0 Å². The van der Waals surface area contributed by atoms with E-state index < -0.39 is 0 Å². The van der Waals surface area contributed by atoms with Crippen LogP contribution in [0.3, 0.4) is 0 Å². The Balaban J connectivity index is 1.72. The maximum Gasteiger partial charge on any atom is 0.166 e. The molecule has 0 aromatic carbocycles. The van der Waals surface area contributed by atoms with Gasteiger partial charge in [-0.05, 0) is 25.2 Å². The van der Waals surface area contributed by atoms with E-state index in [0.717, 1.165) is 12.8 Å². The van der Waals surface area contributed by atoms with Gasteiger partial charge in [0.05, 0.1) is 18.8 Å². The van der Waals surface area contributed by atoms with Crippen LogP contribution in [0, 0.1) is 11.3 Å². The van der Waals surface area contributed by atoms with E-state index in [0.29, 0.717) is 24.7 Å². The summed E-state index contributed by atoms with van der Waals surface area (Å²) in [6.45, 7) is 0.704. The van der Waals surface area contributed by atoms with Crippen LogP contribution in [0.15, 0.2) is 0 Å². The molecule has 1 N–H and O–H groups in total. The van der Waals surface area contributed by atoms with E-state index in [1.165, 1.54) is 12.8 Å². The monoisotopic (exact) mass is 155 g/mol. The Morgan fingerprint density at radius 2 is 2.36 bits per heavy atom. The Bertz CT molecular complexity index is 160. The van der Waals surface area contributed by atoms with E-state index in [2.05, 4.69) is 0 Å². The highest BCUT2D eigenvalue weighted by Gasteiger charge is 2.43. The van der Waals surface area contributed by atoms with Gasteiger partial charge in [-0.3, -0.25) is 5.41 Å². The molecule has 0 aromatic heterocycles. The fourth-order valence-corrected chi connectivity index (χ4v) is 1.82. The van der Waals surface area contributed by atoms with Gasteiger partial charge < -0.3 is 9.47 Å². The first kappa shape index (κ1) is 7.10. The average molecular weight is 155 g/mol. The van der Waals surface area contributed by atoms with Crippen molar-refractivity contribution in [2.45, 2.75) is 31.5 Å². The van der Waals surface area contributed by atoms with Crippen molar-refractivity contribution in [1.29, 1.82) is 5.41 Å². The van der Waals surface area contributed by atoms with Crippen molar-refractivity contribution in [2.24, 2.45) is 5.92 Å². The van der Waals surface area contributed by atoms with E-state index in [9.17, 15) is 0 Å². The predicted molar refractivity (Wildman–Crippen MR) is 40.7 cm³/mol. The summed E-state index contributed by atoms with van der Waals surface area (Å²) in [4.78, 5) is 0. The lowest BCUT2D eigenvalue weighted by atomic mass is 9.90. The van der Waals surface area contributed by atoms with Crippen molar-refractivity contribution >= 4 is 6.40 Å². The van der Waals surface area contributed by atoms with Crippen LogP contribution in [0.5, 0.6) is 0 Å². The molecule has 11 heavy (non-hydrogen) atoms. The maximum atomic E-state index is 6.70. The third-order valence-electron chi connectivity index (χ3n) is 2.53. The minimum absolute atomic E-state index is 0.531. The Labute approximate surface area is 66.2 Å². The molecular formula is C8H13NO2. The van der Waals surface area contributed by atoms with Gasteiger partial charge in [-0.2, -0.15) is 0 Å². The highest BCUT2D eigenvalue weighted by molar-refractivity contribution is 5.40. The Kier molecular flexibility index (Phi) is 1.82. The number of ether oxygens (including phenoxy) is 2. The smallest absolute Gasteiger partial charge is 0.166 e. The average Bonchev–Trinajstić information content (AvgIpc) is 2.78. The molecule has 2 rings (SSSR count). The third-order valence-corrected chi connectivity index (χ3v) is 2.53. The summed E-state index contributed by atoms with van der Waals surface area (Å²) in [6, 6.07) is 0. The van der Waals surface area contributed by atoms with Crippen molar-refractivity contribution in [2.75, 3.05) is 6.61 Å². The van der Waals surface area contributed by atoms with Crippen LogP contribution in [-0.2, 0) is 9.47 Å². The van der Waals surface area contributed by atoms with Gasteiger partial charge >= 0.3 is 0 Å². The molecule has 1 saturated heterocycles. The lowest BCUT2D eigenvalue weighted by molar-refractivity contribution is 0.214. The minimum atomic E-state index is 0.531. The van der Waals surface area contributed by atoms with Crippen LogP contribution in [0.1, 0.15) is 19.3 Å². The van der Waals surface area contributed by atoms with Crippen molar-refractivity contribution in [3.05, 3.63) is 0 Å². The molecular weight excluding hydrogens is 142 g/mol. The first-order valence-electron chi connectivity index (χ1n) is 4.16. The number of fused-ring (bicyclic) bond motifs is 1. The molecule has 3 heteroatoms. The first-order chi connectivity index (χ1) is 5.40. The van der Waals surface area contributed by atoms with E-state index in [4.69, 9.17) is 14.9 Å². The molecule has 2 fully saturated rings. The summed E-state index contributed by atoms with van der Waals surface area (Å²) in [5, 5.41) is 6.70. The highest BCUT2D eigenvalue weighted by atomic mass is 16.6. The Morgan fingerprint density at radius 1 is 1.45 bits per heavy atom. The predicted octanol–water partition coefficient (Wildman–Crippen LogP) is 1.18. The van der Waals surface area contributed by atoms with Crippen molar-refractivity contribution < 1.29 is 9.47 Å². The minimum Gasteiger partial charge on any atom is -0.483 e. The largest absolute Gasteiger partial charge is 0.483 e.